The molecule has 0 unspecified atom stereocenters. The van der Waals surface area contributed by atoms with Gasteiger partial charge in [0.2, 0.25) is 5.95 Å². The first kappa shape index (κ1) is 19.7. The Morgan fingerprint density at radius 3 is 2.62 bits per heavy atom. The van der Waals surface area contributed by atoms with E-state index in [4.69, 9.17) is 24.5 Å². The van der Waals surface area contributed by atoms with Crippen molar-refractivity contribution in [3.8, 4) is 22.9 Å². The number of para-hydroxylation sites is 1. The second kappa shape index (κ2) is 8.50. The van der Waals surface area contributed by atoms with Gasteiger partial charge in [-0.2, -0.15) is 4.52 Å². The Kier molecular flexibility index (Phi) is 5.25. The molecule has 0 spiro atoms. The molecule has 0 aliphatic carbocycles. The third kappa shape index (κ3) is 3.66. The number of pyridine rings is 1. The summed E-state index contributed by atoms with van der Waals surface area (Å²) in [7, 11) is 3.27. The lowest BCUT2D eigenvalue weighted by Gasteiger charge is -2.11. The highest BCUT2D eigenvalue weighted by molar-refractivity contribution is 5.92. The van der Waals surface area contributed by atoms with Gasteiger partial charge in [0.05, 0.1) is 19.7 Å². The number of rotatable bonds is 7. The molecule has 0 saturated carbocycles. The van der Waals surface area contributed by atoms with Crippen LogP contribution in [-0.4, -0.2) is 45.3 Å². The molecular formula is C24H22N6O2. The van der Waals surface area contributed by atoms with Gasteiger partial charge in [-0.15, -0.1) is 5.10 Å². The average molecular weight is 426 g/mol. The first-order chi connectivity index (χ1) is 15.8. The van der Waals surface area contributed by atoms with E-state index in [0.29, 0.717) is 29.8 Å². The fourth-order valence-electron chi connectivity index (χ4n) is 3.64. The molecule has 0 aliphatic heterocycles. The Labute approximate surface area is 184 Å². The largest absolute Gasteiger partial charge is 0.493 e. The number of nitrogens with one attached hydrogen (secondary N) is 1. The van der Waals surface area contributed by atoms with E-state index in [1.54, 1.807) is 31.1 Å². The van der Waals surface area contributed by atoms with Crippen molar-refractivity contribution in [3.05, 3.63) is 72.6 Å². The van der Waals surface area contributed by atoms with Gasteiger partial charge in [-0.1, -0.05) is 18.2 Å². The van der Waals surface area contributed by atoms with E-state index in [1.807, 2.05) is 54.6 Å². The Hall–Kier alpha value is -4.20. The van der Waals surface area contributed by atoms with Crippen LogP contribution in [0.3, 0.4) is 0 Å². The predicted molar refractivity (Wildman–Crippen MR) is 123 cm³/mol. The molecular weight excluding hydrogens is 404 g/mol. The zero-order valence-corrected chi connectivity index (χ0v) is 17.8. The minimum atomic E-state index is 0.610. The van der Waals surface area contributed by atoms with Gasteiger partial charge >= 0.3 is 0 Å². The standard InChI is InChI=1S/C24H22N6O2/c1-31-20-10-9-16(14-21(20)32-2)11-13-26-24-27-19-8-4-3-7-18(19)23-28-22(29-30(23)24)17-6-5-12-25-15-17/h3-10,12,14-15H,11,13H2,1-2H3,(H,26,27). The molecule has 5 aromatic rings. The lowest BCUT2D eigenvalue weighted by atomic mass is 10.1. The van der Waals surface area contributed by atoms with Gasteiger partial charge in [0.1, 0.15) is 0 Å². The normalized spacial score (nSPS) is 11.1. The summed E-state index contributed by atoms with van der Waals surface area (Å²) in [6.07, 6.45) is 4.27. The number of nitrogens with zero attached hydrogens (tertiary/aromatic N) is 5. The number of methoxy groups -OCH3 is 2. The van der Waals surface area contributed by atoms with Gasteiger partial charge in [-0.05, 0) is 48.4 Å². The molecule has 5 rings (SSSR count). The topological polar surface area (TPSA) is 86.5 Å². The lowest BCUT2D eigenvalue weighted by molar-refractivity contribution is 0.354. The van der Waals surface area contributed by atoms with Crippen LogP contribution in [-0.2, 0) is 6.42 Å². The molecule has 8 heteroatoms. The molecule has 1 N–H and O–H groups in total. The number of hydrogen-bond acceptors (Lipinski definition) is 7. The van der Waals surface area contributed by atoms with Crippen LogP contribution < -0.4 is 14.8 Å². The zero-order valence-electron chi connectivity index (χ0n) is 17.8. The molecule has 3 aromatic heterocycles. The Balaban J connectivity index is 1.47. The van der Waals surface area contributed by atoms with E-state index in [2.05, 4.69) is 10.3 Å². The van der Waals surface area contributed by atoms with Gasteiger partial charge < -0.3 is 14.8 Å². The fourth-order valence-corrected chi connectivity index (χ4v) is 3.64. The quantitative estimate of drug-likeness (QED) is 0.421. The maximum atomic E-state index is 5.41. The van der Waals surface area contributed by atoms with Gasteiger partial charge in [0.25, 0.3) is 0 Å². The van der Waals surface area contributed by atoms with Crippen LogP contribution in [0.25, 0.3) is 27.9 Å². The maximum absolute atomic E-state index is 5.41. The maximum Gasteiger partial charge on any atom is 0.226 e. The van der Waals surface area contributed by atoms with Crippen molar-refractivity contribution >= 4 is 22.5 Å². The number of ether oxygens (including phenoxy) is 2. The van der Waals surface area contributed by atoms with Gasteiger partial charge in [0.15, 0.2) is 23.0 Å². The third-order valence-corrected chi connectivity index (χ3v) is 5.24. The summed E-state index contributed by atoms with van der Waals surface area (Å²) in [5.41, 5.74) is 3.60. The highest BCUT2D eigenvalue weighted by atomic mass is 16.5. The van der Waals surface area contributed by atoms with Gasteiger partial charge in [-0.25, -0.2) is 9.97 Å². The van der Waals surface area contributed by atoms with Gasteiger partial charge in [0, 0.05) is 29.9 Å². The SMILES string of the molecule is COc1ccc(CCNc2nc3ccccc3c3nc(-c4cccnc4)nn23)cc1OC. The average Bonchev–Trinajstić information content (AvgIpc) is 3.31. The number of fused-ring (bicyclic) bond motifs is 3. The molecule has 0 bridgehead atoms. The van der Waals surface area contributed by atoms with Crippen molar-refractivity contribution in [1.29, 1.82) is 0 Å². The fraction of sp³-hybridized carbons (Fsp3) is 0.167. The molecule has 8 nitrogen and oxygen atoms in total. The molecule has 0 amide bonds. The monoisotopic (exact) mass is 426 g/mol. The summed E-state index contributed by atoms with van der Waals surface area (Å²) in [5.74, 6) is 2.68. The summed E-state index contributed by atoms with van der Waals surface area (Å²) in [6.45, 7) is 0.665. The van der Waals surface area contributed by atoms with Crippen LogP contribution in [0.1, 0.15) is 5.56 Å². The van der Waals surface area contributed by atoms with Crippen molar-refractivity contribution < 1.29 is 9.47 Å². The van der Waals surface area contributed by atoms with E-state index in [-0.39, 0.29) is 0 Å². The smallest absolute Gasteiger partial charge is 0.226 e. The van der Waals surface area contributed by atoms with Crippen LogP contribution in [0.4, 0.5) is 5.95 Å². The second-order valence-corrected chi connectivity index (χ2v) is 7.23. The summed E-state index contributed by atoms with van der Waals surface area (Å²) < 4.78 is 12.5. The molecule has 0 aliphatic rings. The molecule has 0 fully saturated rings. The van der Waals surface area contributed by atoms with Crippen molar-refractivity contribution in [2.75, 3.05) is 26.1 Å². The molecule has 160 valence electrons. The Morgan fingerprint density at radius 2 is 1.81 bits per heavy atom. The first-order valence-electron chi connectivity index (χ1n) is 10.3. The first-order valence-corrected chi connectivity index (χ1v) is 10.3. The Bertz CT molecular complexity index is 1380. The number of hydrogen-bond donors (Lipinski definition) is 1. The summed E-state index contributed by atoms with van der Waals surface area (Å²) in [4.78, 5) is 13.8. The number of aromatic nitrogens is 5. The van der Waals surface area contributed by atoms with E-state index >= 15 is 0 Å². The van der Waals surface area contributed by atoms with Crippen molar-refractivity contribution in [2.45, 2.75) is 6.42 Å². The van der Waals surface area contributed by atoms with Crippen LogP contribution in [0, 0.1) is 0 Å². The Morgan fingerprint density at radius 1 is 0.938 bits per heavy atom. The molecule has 3 heterocycles. The second-order valence-electron chi connectivity index (χ2n) is 7.23. The molecule has 32 heavy (non-hydrogen) atoms. The minimum absolute atomic E-state index is 0.610. The van der Waals surface area contributed by atoms with E-state index in [1.165, 1.54) is 0 Å². The van der Waals surface area contributed by atoms with E-state index in [9.17, 15) is 0 Å². The van der Waals surface area contributed by atoms with Crippen molar-refractivity contribution in [2.24, 2.45) is 0 Å². The minimum Gasteiger partial charge on any atom is -0.493 e. The van der Waals surface area contributed by atoms with Gasteiger partial charge in [-0.3, -0.25) is 4.98 Å². The van der Waals surface area contributed by atoms with Crippen LogP contribution in [0.2, 0.25) is 0 Å². The van der Waals surface area contributed by atoms with E-state index in [0.717, 1.165) is 34.1 Å². The lowest BCUT2D eigenvalue weighted by Crippen LogP contribution is -2.11. The summed E-state index contributed by atoms with van der Waals surface area (Å²) >= 11 is 0. The molecule has 0 atom stereocenters. The summed E-state index contributed by atoms with van der Waals surface area (Å²) in [5, 5.41) is 9.08. The highest BCUT2D eigenvalue weighted by Gasteiger charge is 2.14. The van der Waals surface area contributed by atoms with Crippen LogP contribution in [0.15, 0.2) is 67.0 Å². The third-order valence-electron chi connectivity index (χ3n) is 5.24. The molecule has 0 radical (unpaired) electrons. The predicted octanol–water partition coefficient (Wildman–Crippen LogP) is 4.01. The highest BCUT2D eigenvalue weighted by Crippen LogP contribution is 2.28. The molecule has 0 saturated heterocycles. The summed E-state index contributed by atoms with van der Waals surface area (Å²) in [6, 6.07) is 17.7. The van der Waals surface area contributed by atoms with Crippen LogP contribution in [0.5, 0.6) is 11.5 Å². The van der Waals surface area contributed by atoms with Crippen molar-refractivity contribution in [3.63, 3.8) is 0 Å². The van der Waals surface area contributed by atoms with Crippen molar-refractivity contribution in [1.82, 2.24) is 24.6 Å². The molecule has 2 aromatic carbocycles. The number of anilines is 1. The van der Waals surface area contributed by atoms with E-state index < -0.39 is 0 Å². The number of benzene rings is 2. The zero-order chi connectivity index (χ0) is 21.9. The van der Waals surface area contributed by atoms with Crippen LogP contribution >= 0.6 is 0 Å².